The van der Waals surface area contributed by atoms with Gasteiger partial charge in [-0.25, -0.2) is 15.0 Å². The maximum absolute atomic E-state index is 11.3. The van der Waals surface area contributed by atoms with Crippen molar-refractivity contribution >= 4 is 11.9 Å². The molecule has 0 aliphatic heterocycles. The fraction of sp³-hybridized carbons (Fsp3) is 0.125. The molecule has 4 heterocycles. The minimum atomic E-state index is 0.295. The number of pyridine rings is 1. The summed E-state index contributed by atoms with van der Waals surface area (Å²) in [7, 11) is 0. The van der Waals surface area contributed by atoms with E-state index in [1.807, 2.05) is 29.7 Å². The molecule has 118 valence electrons. The Balaban J connectivity index is 2.00. The second kappa shape index (κ2) is 5.34. The SMILES string of the molecule is Cc1nc(-n2nccn2)c(-c2ccc3ncc(C)n3c2)nc1C=O. The third kappa shape index (κ3) is 2.16. The van der Waals surface area contributed by atoms with Gasteiger partial charge >= 0.3 is 0 Å². The van der Waals surface area contributed by atoms with Gasteiger partial charge in [-0.2, -0.15) is 10.2 Å². The van der Waals surface area contributed by atoms with Gasteiger partial charge in [0.25, 0.3) is 0 Å². The first-order valence-electron chi connectivity index (χ1n) is 7.32. The summed E-state index contributed by atoms with van der Waals surface area (Å²) < 4.78 is 1.96. The van der Waals surface area contributed by atoms with Gasteiger partial charge in [-0.15, -0.1) is 4.80 Å². The van der Waals surface area contributed by atoms with Gasteiger partial charge in [0.2, 0.25) is 5.82 Å². The van der Waals surface area contributed by atoms with Crippen molar-refractivity contribution in [3.63, 3.8) is 0 Å². The minimum absolute atomic E-state index is 0.295. The molecule has 0 aliphatic rings. The van der Waals surface area contributed by atoms with Crippen LogP contribution in [-0.2, 0) is 0 Å². The van der Waals surface area contributed by atoms with Crippen molar-refractivity contribution < 1.29 is 4.79 Å². The van der Waals surface area contributed by atoms with Gasteiger partial charge in [-0.1, -0.05) is 0 Å². The van der Waals surface area contributed by atoms with Crippen LogP contribution in [0.5, 0.6) is 0 Å². The van der Waals surface area contributed by atoms with Gasteiger partial charge < -0.3 is 4.40 Å². The van der Waals surface area contributed by atoms with Crippen molar-refractivity contribution in [3.8, 4) is 17.1 Å². The highest BCUT2D eigenvalue weighted by molar-refractivity contribution is 5.77. The maximum atomic E-state index is 11.3. The van der Waals surface area contributed by atoms with Crippen molar-refractivity contribution in [1.29, 1.82) is 0 Å². The van der Waals surface area contributed by atoms with E-state index in [1.54, 1.807) is 25.5 Å². The molecule has 0 amide bonds. The highest BCUT2D eigenvalue weighted by Gasteiger charge is 2.16. The van der Waals surface area contributed by atoms with Crippen LogP contribution < -0.4 is 0 Å². The average molecular weight is 319 g/mol. The summed E-state index contributed by atoms with van der Waals surface area (Å²) in [6.45, 7) is 3.70. The fourth-order valence-corrected chi connectivity index (χ4v) is 2.53. The minimum Gasteiger partial charge on any atom is -0.304 e. The molecule has 8 nitrogen and oxygen atoms in total. The van der Waals surface area contributed by atoms with Crippen LogP contribution in [-0.4, -0.2) is 40.6 Å². The van der Waals surface area contributed by atoms with E-state index in [4.69, 9.17) is 0 Å². The molecule has 0 fully saturated rings. The molecule has 0 aliphatic carbocycles. The van der Waals surface area contributed by atoms with Crippen LogP contribution in [0.3, 0.4) is 0 Å². The molecule has 0 bridgehead atoms. The van der Waals surface area contributed by atoms with Crippen LogP contribution in [0.1, 0.15) is 21.9 Å². The first-order chi connectivity index (χ1) is 11.7. The lowest BCUT2D eigenvalue weighted by Gasteiger charge is -2.10. The van der Waals surface area contributed by atoms with Crippen LogP contribution >= 0.6 is 0 Å². The highest BCUT2D eigenvalue weighted by Crippen LogP contribution is 2.24. The molecule has 0 saturated heterocycles. The Morgan fingerprint density at radius 2 is 1.88 bits per heavy atom. The molecule has 0 radical (unpaired) electrons. The van der Waals surface area contributed by atoms with E-state index in [1.165, 1.54) is 4.80 Å². The number of aldehydes is 1. The molecule has 0 aromatic carbocycles. The van der Waals surface area contributed by atoms with Crippen LogP contribution in [0.15, 0.2) is 36.9 Å². The Morgan fingerprint density at radius 3 is 2.62 bits per heavy atom. The summed E-state index contributed by atoms with van der Waals surface area (Å²) in [6, 6.07) is 3.79. The first-order valence-corrected chi connectivity index (χ1v) is 7.32. The molecule has 0 atom stereocenters. The van der Waals surface area contributed by atoms with Crippen molar-refractivity contribution in [2.45, 2.75) is 13.8 Å². The zero-order valence-electron chi connectivity index (χ0n) is 13.1. The number of carbonyl (C=O) groups excluding carboxylic acids is 1. The molecule has 0 saturated carbocycles. The standard InChI is InChI=1S/C16H13N7O/c1-10-7-17-14-4-3-12(8-22(10)14)15-16(23-18-5-6-19-23)20-11(2)13(9-24)21-15/h3-9H,1-2H3. The van der Waals surface area contributed by atoms with Gasteiger partial charge in [0.1, 0.15) is 17.0 Å². The Hall–Kier alpha value is -3.42. The van der Waals surface area contributed by atoms with Gasteiger partial charge in [0.15, 0.2) is 6.29 Å². The fourth-order valence-electron chi connectivity index (χ4n) is 2.53. The van der Waals surface area contributed by atoms with Crippen LogP contribution in [0, 0.1) is 13.8 Å². The van der Waals surface area contributed by atoms with Gasteiger partial charge in [0, 0.05) is 23.7 Å². The average Bonchev–Trinajstić information content (AvgIpc) is 3.25. The highest BCUT2D eigenvalue weighted by atomic mass is 16.1. The molecule has 4 aromatic rings. The van der Waals surface area contributed by atoms with E-state index in [0.717, 1.165) is 16.9 Å². The number of nitrogens with zero attached hydrogens (tertiary/aromatic N) is 7. The summed E-state index contributed by atoms with van der Waals surface area (Å²) in [4.78, 5) is 25.9. The number of imidazole rings is 1. The number of fused-ring (bicyclic) bond motifs is 1. The third-order valence-corrected chi connectivity index (χ3v) is 3.77. The van der Waals surface area contributed by atoms with Gasteiger partial charge in [-0.3, -0.25) is 4.79 Å². The molecule has 0 unspecified atom stereocenters. The quantitative estimate of drug-likeness (QED) is 0.535. The summed E-state index contributed by atoms with van der Waals surface area (Å²) >= 11 is 0. The lowest BCUT2D eigenvalue weighted by Crippen LogP contribution is -2.10. The largest absolute Gasteiger partial charge is 0.304 e. The van der Waals surface area contributed by atoms with Crippen molar-refractivity contribution in [1.82, 2.24) is 34.3 Å². The lowest BCUT2D eigenvalue weighted by molar-refractivity contribution is 0.111. The predicted molar refractivity (Wildman–Crippen MR) is 86.0 cm³/mol. The summed E-state index contributed by atoms with van der Waals surface area (Å²) in [5.41, 5.74) is 4.00. The number of aromatic nitrogens is 7. The predicted octanol–water partition coefficient (Wildman–Crippen LogP) is 1.80. The first kappa shape index (κ1) is 14.2. The molecule has 8 heteroatoms. The number of hydrogen-bond donors (Lipinski definition) is 0. The summed E-state index contributed by atoms with van der Waals surface area (Å²) in [5, 5.41) is 8.27. The zero-order valence-corrected chi connectivity index (χ0v) is 13.1. The Labute approximate surface area is 136 Å². The second-order valence-electron chi connectivity index (χ2n) is 5.35. The maximum Gasteiger partial charge on any atom is 0.201 e. The number of carbonyl (C=O) groups is 1. The molecule has 24 heavy (non-hydrogen) atoms. The molecular weight excluding hydrogens is 306 g/mol. The zero-order chi connectivity index (χ0) is 16.7. The van der Waals surface area contributed by atoms with Crippen LogP contribution in [0.2, 0.25) is 0 Å². The Bertz CT molecular complexity index is 1050. The lowest BCUT2D eigenvalue weighted by atomic mass is 10.2. The third-order valence-electron chi connectivity index (χ3n) is 3.77. The van der Waals surface area contributed by atoms with E-state index in [-0.39, 0.29) is 0 Å². The van der Waals surface area contributed by atoms with E-state index < -0.39 is 0 Å². The number of hydrogen-bond acceptors (Lipinski definition) is 6. The van der Waals surface area contributed by atoms with Crippen molar-refractivity contribution in [3.05, 3.63) is 54.0 Å². The summed E-state index contributed by atoms with van der Waals surface area (Å²) in [5.74, 6) is 0.472. The number of rotatable bonds is 3. The Morgan fingerprint density at radius 1 is 1.08 bits per heavy atom. The molecule has 0 N–H and O–H groups in total. The topological polar surface area (TPSA) is 90.9 Å². The molecule has 4 aromatic heterocycles. The van der Waals surface area contributed by atoms with Crippen LogP contribution in [0.4, 0.5) is 0 Å². The smallest absolute Gasteiger partial charge is 0.201 e. The summed E-state index contributed by atoms with van der Waals surface area (Å²) in [6.07, 6.45) is 7.55. The van der Waals surface area contributed by atoms with E-state index >= 15 is 0 Å². The number of aryl methyl sites for hydroxylation is 2. The monoisotopic (exact) mass is 319 g/mol. The Kier molecular flexibility index (Phi) is 3.16. The van der Waals surface area contributed by atoms with Crippen molar-refractivity contribution in [2.75, 3.05) is 0 Å². The van der Waals surface area contributed by atoms with Crippen LogP contribution in [0.25, 0.3) is 22.7 Å². The second-order valence-corrected chi connectivity index (χ2v) is 5.35. The van der Waals surface area contributed by atoms with Gasteiger partial charge in [0.05, 0.1) is 18.1 Å². The molecule has 0 spiro atoms. The van der Waals surface area contributed by atoms with E-state index in [0.29, 0.717) is 29.2 Å². The molecule has 4 rings (SSSR count). The van der Waals surface area contributed by atoms with Crippen molar-refractivity contribution in [2.24, 2.45) is 0 Å². The van der Waals surface area contributed by atoms with E-state index in [9.17, 15) is 4.79 Å². The normalized spacial score (nSPS) is 11.1. The van der Waals surface area contributed by atoms with Gasteiger partial charge in [-0.05, 0) is 26.0 Å². The van der Waals surface area contributed by atoms with E-state index in [2.05, 4.69) is 25.1 Å². The molecular formula is C16H13N7O.